The zero-order valence-electron chi connectivity index (χ0n) is 21.4. The number of hydrogen-bond donors (Lipinski definition) is 1. The van der Waals surface area contributed by atoms with Gasteiger partial charge in [0.2, 0.25) is 0 Å². The first-order valence-corrected chi connectivity index (χ1v) is 13.6. The molecule has 0 amide bonds. The van der Waals surface area contributed by atoms with Gasteiger partial charge < -0.3 is 15.2 Å². The van der Waals surface area contributed by atoms with Crippen LogP contribution in [0.4, 0.5) is 5.69 Å². The monoisotopic (exact) mass is 543 g/mol. The molecule has 10 heteroatoms. The average Bonchev–Trinajstić information content (AvgIpc) is 2.95. The summed E-state index contributed by atoms with van der Waals surface area (Å²) in [6.45, 7) is 0. The van der Waals surface area contributed by atoms with Crippen LogP contribution in [0, 0.1) is 11.3 Å². The van der Waals surface area contributed by atoms with E-state index in [9.17, 15) is 23.3 Å². The summed E-state index contributed by atoms with van der Waals surface area (Å²) in [5.74, 6) is -2.69. The zero-order valence-corrected chi connectivity index (χ0v) is 22.2. The van der Waals surface area contributed by atoms with Crippen molar-refractivity contribution in [3.05, 3.63) is 107 Å². The van der Waals surface area contributed by atoms with Crippen LogP contribution in [0.2, 0.25) is 0 Å². The molecule has 3 aromatic carbocycles. The molecular formula is C29H25N3O6S. The molecule has 0 radical (unpaired) electrons. The van der Waals surface area contributed by atoms with Crippen LogP contribution in [-0.2, 0) is 28.9 Å². The lowest BCUT2D eigenvalue weighted by molar-refractivity contribution is -0.139. The number of esters is 2. The van der Waals surface area contributed by atoms with Crippen molar-refractivity contribution in [3.63, 3.8) is 0 Å². The molecule has 198 valence electrons. The Bertz CT molecular complexity index is 1650. The number of carbonyl (C=O) groups is 2. The highest BCUT2D eigenvalue weighted by atomic mass is 32.2. The summed E-state index contributed by atoms with van der Waals surface area (Å²) in [6.07, 6.45) is 1.13. The lowest BCUT2D eigenvalue weighted by atomic mass is 9.81. The topological polar surface area (TPSA) is 140 Å². The van der Waals surface area contributed by atoms with Gasteiger partial charge in [0.05, 0.1) is 42.2 Å². The molecule has 1 aliphatic rings. The Morgan fingerprint density at radius 1 is 0.897 bits per heavy atom. The quantitative estimate of drug-likeness (QED) is 0.461. The van der Waals surface area contributed by atoms with Gasteiger partial charge in [-0.2, -0.15) is 5.26 Å². The average molecular weight is 544 g/mol. The van der Waals surface area contributed by atoms with Crippen LogP contribution in [0.5, 0.6) is 0 Å². The molecule has 1 heterocycles. The van der Waals surface area contributed by atoms with Gasteiger partial charge in [-0.15, -0.1) is 0 Å². The van der Waals surface area contributed by atoms with Crippen molar-refractivity contribution in [1.82, 2.24) is 0 Å². The number of rotatable bonds is 6. The van der Waals surface area contributed by atoms with Gasteiger partial charge in [0, 0.05) is 11.9 Å². The first kappa shape index (κ1) is 27.2. The van der Waals surface area contributed by atoms with E-state index in [0.717, 1.165) is 6.26 Å². The minimum Gasteiger partial charge on any atom is -0.466 e. The standard InChI is InChI=1S/C29H25N3O6S/c1-37-28(33)25-24(19-8-5-4-6-9-19)23(17-30)27(31)32(26(25)29(34)38-2)21-11-7-10-20(16-21)18-12-14-22(15-13-18)39(3,35)36/h4-16,24H,31H2,1-3H3. The first-order valence-electron chi connectivity index (χ1n) is 11.7. The second kappa shape index (κ2) is 10.8. The number of benzene rings is 3. The maximum Gasteiger partial charge on any atom is 0.355 e. The van der Waals surface area contributed by atoms with E-state index in [-0.39, 0.29) is 27.6 Å². The van der Waals surface area contributed by atoms with Crippen LogP contribution in [0.15, 0.2) is 106 Å². The number of ether oxygens (including phenoxy) is 2. The summed E-state index contributed by atoms with van der Waals surface area (Å²) in [7, 11) is -1.01. The summed E-state index contributed by atoms with van der Waals surface area (Å²) in [4.78, 5) is 27.9. The maximum atomic E-state index is 13.2. The largest absolute Gasteiger partial charge is 0.466 e. The maximum absolute atomic E-state index is 13.2. The van der Waals surface area contributed by atoms with Gasteiger partial charge in [0.1, 0.15) is 11.5 Å². The van der Waals surface area contributed by atoms with Crippen molar-refractivity contribution in [3.8, 4) is 17.2 Å². The molecule has 0 saturated carbocycles. The van der Waals surface area contributed by atoms with Gasteiger partial charge in [-0.3, -0.25) is 4.90 Å². The zero-order chi connectivity index (χ0) is 28.3. The third kappa shape index (κ3) is 5.12. The third-order valence-corrected chi connectivity index (χ3v) is 7.46. The van der Waals surface area contributed by atoms with Crippen LogP contribution in [0.1, 0.15) is 11.5 Å². The second-order valence-electron chi connectivity index (χ2n) is 8.68. The van der Waals surface area contributed by atoms with Crippen molar-refractivity contribution < 1.29 is 27.5 Å². The van der Waals surface area contributed by atoms with E-state index in [1.54, 1.807) is 66.7 Å². The molecule has 4 rings (SSSR count). The smallest absolute Gasteiger partial charge is 0.355 e. The molecule has 9 nitrogen and oxygen atoms in total. The number of nitrogens with zero attached hydrogens (tertiary/aromatic N) is 2. The molecule has 0 fully saturated rings. The minimum absolute atomic E-state index is 0.0519. The van der Waals surface area contributed by atoms with Gasteiger partial charge in [0.25, 0.3) is 0 Å². The summed E-state index contributed by atoms with van der Waals surface area (Å²) in [6, 6.07) is 24.1. The number of methoxy groups -OCH3 is 2. The molecule has 2 N–H and O–H groups in total. The van der Waals surface area contributed by atoms with Gasteiger partial charge in [0.15, 0.2) is 9.84 Å². The third-order valence-electron chi connectivity index (χ3n) is 6.33. The predicted octanol–water partition coefficient (Wildman–Crippen LogP) is 3.65. The fraction of sp³-hybridized carbons (Fsp3) is 0.138. The number of carbonyl (C=O) groups excluding carboxylic acids is 2. The molecule has 0 saturated heterocycles. The van der Waals surface area contributed by atoms with E-state index in [0.29, 0.717) is 22.4 Å². The highest BCUT2D eigenvalue weighted by Gasteiger charge is 2.43. The van der Waals surface area contributed by atoms with Crippen LogP contribution < -0.4 is 10.6 Å². The number of hydrogen-bond acceptors (Lipinski definition) is 9. The molecule has 0 aromatic heterocycles. The van der Waals surface area contributed by atoms with Gasteiger partial charge in [-0.1, -0.05) is 54.6 Å². The summed E-state index contributed by atoms with van der Waals surface area (Å²) in [5.41, 5.74) is 8.65. The number of allylic oxidation sites excluding steroid dienone is 1. The van der Waals surface area contributed by atoms with Crippen LogP contribution in [0.3, 0.4) is 0 Å². The summed E-state index contributed by atoms with van der Waals surface area (Å²) >= 11 is 0. The normalized spacial score (nSPS) is 15.5. The van der Waals surface area contributed by atoms with Crippen molar-refractivity contribution in [2.24, 2.45) is 5.73 Å². The lowest BCUT2D eigenvalue weighted by Gasteiger charge is -2.36. The van der Waals surface area contributed by atoms with Crippen LogP contribution in [-0.4, -0.2) is 40.8 Å². The Balaban J connectivity index is 1.96. The van der Waals surface area contributed by atoms with Crippen molar-refractivity contribution >= 4 is 27.5 Å². The Kier molecular flexibility index (Phi) is 7.56. The summed E-state index contributed by atoms with van der Waals surface area (Å²) < 4.78 is 33.9. The molecule has 3 aromatic rings. The van der Waals surface area contributed by atoms with Gasteiger partial charge >= 0.3 is 11.9 Å². The van der Waals surface area contributed by atoms with Crippen LogP contribution >= 0.6 is 0 Å². The van der Waals surface area contributed by atoms with Crippen LogP contribution in [0.25, 0.3) is 11.1 Å². The van der Waals surface area contributed by atoms with Crippen molar-refractivity contribution in [2.45, 2.75) is 10.8 Å². The molecule has 39 heavy (non-hydrogen) atoms. The second-order valence-corrected chi connectivity index (χ2v) is 10.7. The minimum atomic E-state index is -3.37. The van der Waals surface area contributed by atoms with E-state index in [2.05, 4.69) is 6.07 Å². The molecule has 1 aliphatic heterocycles. The fourth-order valence-electron chi connectivity index (χ4n) is 4.50. The highest BCUT2D eigenvalue weighted by Crippen LogP contribution is 2.43. The van der Waals surface area contributed by atoms with E-state index in [1.807, 2.05) is 0 Å². The van der Waals surface area contributed by atoms with E-state index in [1.165, 1.54) is 31.3 Å². The predicted molar refractivity (Wildman–Crippen MR) is 145 cm³/mol. The number of nitrogens with two attached hydrogens (primary N) is 1. The number of anilines is 1. The molecule has 0 aliphatic carbocycles. The Morgan fingerprint density at radius 2 is 1.54 bits per heavy atom. The fourth-order valence-corrected chi connectivity index (χ4v) is 5.13. The first-order chi connectivity index (χ1) is 18.6. The number of nitriles is 1. The van der Waals surface area contributed by atoms with Gasteiger partial charge in [-0.05, 0) is 41.0 Å². The van der Waals surface area contributed by atoms with E-state index < -0.39 is 27.7 Å². The lowest BCUT2D eigenvalue weighted by Crippen LogP contribution is -2.40. The summed E-state index contributed by atoms with van der Waals surface area (Å²) in [5, 5.41) is 10.2. The molecule has 1 atom stereocenters. The Hall–Kier alpha value is -4.88. The SMILES string of the molecule is COC(=O)C1=C(C(=O)OC)N(c2cccc(-c3ccc(S(C)(=O)=O)cc3)c2)C(N)=C(C#N)C1c1ccccc1. The van der Waals surface area contributed by atoms with Crippen molar-refractivity contribution in [2.75, 3.05) is 25.4 Å². The molecule has 0 bridgehead atoms. The highest BCUT2D eigenvalue weighted by molar-refractivity contribution is 7.90. The van der Waals surface area contributed by atoms with E-state index in [4.69, 9.17) is 15.2 Å². The van der Waals surface area contributed by atoms with E-state index >= 15 is 0 Å². The molecular weight excluding hydrogens is 518 g/mol. The Morgan fingerprint density at radius 3 is 2.10 bits per heavy atom. The number of sulfone groups is 1. The molecule has 0 spiro atoms. The Labute approximate surface area is 226 Å². The van der Waals surface area contributed by atoms with Gasteiger partial charge in [-0.25, -0.2) is 18.0 Å². The molecule has 1 unspecified atom stereocenters. The van der Waals surface area contributed by atoms with Crippen molar-refractivity contribution in [1.29, 1.82) is 5.26 Å².